The van der Waals surface area contributed by atoms with Gasteiger partial charge in [0.1, 0.15) is 11.4 Å². The molecule has 1 aliphatic rings. The first-order valence-corrected chi connectivity index (χ1v) is 6.16. The molecule has 3 atom stereocenters. The summed E-state index contributed by atoms with van der Waals surface area (Å²) in [4.78, 5) is 15.1. The second-order valence-electron chi connectivity index (χ2n) is 4.80. The summed E-state index contributed by atoms with van der Waals surface area (Å²) in [6.45, 7) is 2.98. The maximum absolute atomic E-state index is 14.4. The van der Waals surface area contributed by atoms with Crippen molar-refractivity contribution in [3.63, 3.8) is 0 Å². The van der Waals surface area contributed by atoms with Crippen LogP contribution in [0.1, 0.15) is 26.5 Å². The van der Waals surface area contributed by atoms with E-state index in [4.69, 9.17) is 16.9 Å². The minimum Gasteiger partial charge on any atom is -0.383 e. The Hall–Kier alpha value is -1.94. The molecule has 1 fully saturated rings. The smallest absolute Gasteiger partial charge is 0.351 e. The van der Waals surface area contributed by atoms with Gasteiger partial charge >= 0.3 is 5.69 Å². The van der Waals surface area contributed by atoms with Gasteiger partial charge in [-0.2, -0.15) is 4.98 Å². The first kappa shape index (κ1) is 14.5. The molecular formula is C13H15F2N3O2. The van der Waals surface area contributed by atoms with Crippen molar-refractivity contribution in [1.82, 2.24) is 9.55 Å². The first-order chi connectivity index (χ1) is 9.28. The van der Waals surface area contributed by atoms with Crippen LogP contribution in [0.15, 0.2) is 17.1 Å². The number of aromatic nitrogens is 2. The van der Waals surface area contributed by atoms with Crippen molar-refractivity contribution in [3.05, 3.63) is 22.7 Å². The lowest BCUT2D eigenvalue weighted by Crippen LogP contribution is -2.39. The second kappa shape index (κ2) is 4.56. The minimum atomic E-state index is -3.29. The molecule has 0 radical (unpaired) electrons. The molecular weight excluding hydrogens is 268 g/mol. The maximum atomic E-state index is 14.4. The van der Waals surface area contributed by atoms with Crippen LogP contribution in [-0.4, -0.2) is 21.1 Å². The zero-order valence-electron chi connectivity index (χ0n) is 11.1. The number of nitrogens with zero attached hydrogens (tertiary/aromatic N) is 2. The summed E-state index contributed by atoms with van der Waals surface area (Å²) < 4.78 is 34.9. The monoisotopic (exact) mass is 283 g/mol. The third-order valence-corrected chi connectivity index (χ3v) is 3.80. The Bertz CT molecular complexity index is 623. The molecule has 0 unspecified atom stereocenters. The van der Waals surface area contributed by atoms with Gasteiger partial charge in [0.2, 0.25) is 6.23 Å². The fourth-order valence-electron chi connectivity index (χ4n) is 2.40. The van der Waals surface area contributed by atoms with E-state index in [9.17, 15) is 13.6 Å². The SMILES string of the molecule is C#C[C@]1(CC)O[C@@H](n2ccc(N)nc2=O)C(F)(F)[C@@H]1C. The van der Waals surface area contributed by atoms with E-state index in [1.165, 1.54) is 13.0 Å². The number of hydrogen-bond donors (Lipinski definition) is 1. The van der Waals surface area contributed by atoms with Gasteiger partial charge in [-0.05, 0) is 12.5 Å². The number of anilines is 1. The third kappa shape index (κ3) is 1.88. The van der Waals surface area contributed by atoms with Gasteiger partial charge in [0.25, 0.3) is 5.92 Å². The number of nitrogens with two attached hydrogens (primary N) is 1. The van der Waals surface area contributed by atoms with E-state index >= 15 is 0 Å². The Morgan fingerprint density at radius 1 is 1.65 bits per heavy atom. The summed E-state index contributed by atoms with van der Waals surface area (Å²) in [5.74, 6) is -2.25. The van der Waals surface area contributed by atoms with Gasteiger partial charge in [-0.25, -0.2) is 13.6 Å². The van der Waals surface area contributed by atoms with Gasteiger partial charge < -0.3 is 10.5 Å². The molecule has 2 rings (SSSR count). The Morgan fingerprint density at radius 2 is 2.30 bits per heavy atom. The number of halogens is 2. The van der Waals surface area contributed by atoms with Crippen molar-refractivity contribution in [2.75, 3.05) is 5.73 Å². The van der Waals surface area contributed by atoms with Crippen molar-refractivity contribution < 1.29 is 13.5 Å². The summed E-state index contributed by atoms with van der Waals surface area (Å²) in [5.41, 5.74) is 3.04. The highest BCUT2D eigenvalue weighted by atomic mass is 19.3. The van der Waals surface area contributed by atoms with Crippen molar-refractivity contribution in [2.45, 2.75) is 38.0 Å². The van der Waals surface area contributed by atoms with Crippen molar-refractivity contribution >= 4 is 5.82 Å². The van der Waals surface area contributed by atoms with Crippen LogP contribution in [0.3, 0.4) is 0 Å². The Kier molecular flexibility index (Phi) is 3.30. The third-order valence-electron chi connectivity index (χ3n) is 3.80. The molecule has 7 heteroatoms. The van der Waals surface area contributed by atoms with E-state index in [-0.39, 0.29) is 12.2 Å². The van der Waals surface area contributed by atoms with Crippen LogP contribution in [0.4, 0.5) is 14.6 Å². The fourth-order valence-corrected chi connectivity index (χ4v) is 2.40. The number of alkyl halides is 2. The lowest BCUT2D eigenvalue weighted by Gasteiger charge is -2.25. The molecule has 0 saturated carbocycles. The van der Waals surface area contributed by atoms with Crippen molar-refractivity contribution in [3.8, 4) is 12.3 Å². The molecule has 0 spiro atoms. The highest BCUT2D eigenvalue weighted by Gasteiger charge is 2.63. The van der Waals surface area contributed by atoms with Crippen LogP contribution >= 0.6 is 0 Å². The standard InChI is InChI=1S/C13H15F2N3O2/c1-4-12(5-2)8(3)13(14,15)10(20-12)18-7-6-9(16)17-11(18)19/h1,6-8,10H,5H2,2-3H3,(H2,16,17,19)/t8-,10-,12-/m1/s1. The molecule has 1 aromatic rings. The van der Waals surface area contributed by atoms with E-state index in [1.807, 2.05) is 0 Å². The second-order valence-corrected chi connectivity index (χ2v) is 4.80. The Labute approximate surface area is 114 Å². The van der Waals surface area contributed by atoms with Crippen LogP contribution in [0.25, 0.3) is 0 Å². The molecule has 1 aliphatic heterocycles. The van der Waals surface area contributed by atoms with Crippen LogP contribution < -0.4 is 11.4 Å². The molecule has 0 bridgehead atoms. The molecule has 2 heterocycles. The van der Waals surface area contributed by atoms with E-state index < -0.39 is 29.4 Å². The lowest BCUT2D eigenvalue weighted by molar-refractivity contribution is -0.130. The predicted octanol–water partition coefficient (Wildman–Crippen LogP) is 1.41. The summed E-state index contributed by atoms with van der Waals surface area (Å²) in [6.07, 6.45) is 4.93. The molecule has 1 saturated heterocycles. The average molecular weight is 283 g/mol. The number of nitrogen functional groups attached to an aromatic ring is 1. The largest absolute Gasteiger partial charge is 0.383 e. The molecule has 5 nitrogen and oxygen atoms in total. The van der Waals surface area contributed by atoms with Crippen LogP contribution in [0, 0.1) is 18.3 Å². The minimum absolute atomic E-state index is 0.0423. The number of rotatable bonds is 2. The average Bonchev–Trinajstić information content (AvgIpc) is 2.60. The molecule has 2 N–H and O–H groups in total. The zero-order chi connectivity index (χ0) is 15.1. The molecule has 0 amide bonds. The Balaban J connectivity index is 2.53. The summed E-state index contributed by atoms with van der Waals surface area (Å²) in [5, 5.41) is 0. The maximum Gasteiger partial charge on any atom is 0.351 e. The highest BCUT2D eigenvalue weighted by molar-refractivity contribution is 5.24. The van der Waals surface area contributed by atoms with Gasteiger partial charge in [0.05, 0.1) is 5.92 Å². The van der Waals surface area contributed by atoms with Gasteiger partial charge in [-0.3, -0.25) is 4.57 Å². The van der Waals surface area contributed by atoms with Gasteiger partial charge in [-0.1, -0.05) is 19.8 Å². The van der Waals surface area contributed by atoms with Gasteiger partial charge in [0.15, 0.2) is 0 Å². The highest BCUT2D eigenvalue weighted by Crippen LogP contribution is 2.52. The molecule has 1 aromatic heterocycles. The van der Waals surface area contributed by atoms with Crippen LogP contribution in [-0.2, 0) is 4.74 Å². The first-order valence-electron chi connectivity index (χ1n) is 6.16. The quantitative estimate of drug-likeness (QED) is 0.833. The number of terminal acetylenes is 1. The van der Waals surface area contributed by atoms with Crippen LogP contribution in [0.5, 0.6) is 0 Å². The molecule has 20 heavy (non-hydrogen) atoms. The molecule has 0 aromatic carbocycles. The normalized spacial score (nSPS) is 31.9. The van der Waals surface area contributed by atoms with E-state index in [1.54, 1.807) is 6.92 Å². The van der Waals surface area contributed by atoms with Gasteiger partial charge in [0, 0.05) is 6.20 Å². The zero-order valence-corrected chi connectivity index (χ0v) is 11.1. The number of ether oxygens (including phenoxy) is 1. The van der Waals surface area contributed by atoms with Crippen LogP contribution in [0.2, 0.25) is 0 Å². The van der Waals surface area contributed by atoms with Crippen molar-refractivity contribution in [2.24, 2.45) is 5.92 Å². The molecule has 108 valence electrons. The van der Waals surface area contributed by atoms with Crippen molar-refractivity contribution in [1.29, 1.82) is 0 Å². The predicted molar refractivity (Wildman–Crippen MR) is 69.0 cm³/mol. The summed E-state index contributed by atoms with van der Waals surface area (Å²) >= 11 is 0. The van der Waals surface area contributed by atoms with E-state index in [0.29, 0.717) is 0 Å². The molecule has 0 aliphatic carbocycles. The fraction of sp³-hybridized carbons (Fsp3) is 0.538. The van der Waals surface area contributed by atoms with E-state index in [2.05, 4.69) is 10.9 Å². The topological polar surface area (TPSA) is 70.1 Å². The summed E-state index contributed by atoms with van der Waals surface area (Å²) in [6, 6.07) is 1.26. The summed E-state index contributed by atoms with van der Waals surface area (Å²) in [7, 11) is 0. The lowest BCUT2D eigenvalue weighted by atomic mass is 9.85. The van der Waals surface area contributed by atoms with E-state index in [0.717, 1.165) is 10.8 Å². The Morgan fingerprint density at radius 3 is 2.75 bits per heavy atom. The van der Waals surface area contributed by atoms with Gasteiger partial charge in [-0.15, -0.1) is 6.42 Å². The number of hydrogen-bond acceptors (Lipinski definition) is 4.